The van der Waals surface area contributed by atoms with Crippen LogP contribution in [-0.4, -0.2) is 84.6 Å². The second-order valence-corrected chi connectivity index (χ2v) is 14.9. The first-order valence-corrected chi connectivity index (χ1v) is 21.3. The van der Waals surface area contributed by atoms with Crippen LogP contribution in [0.1, 0.15) is 177 Å². The molecule has 0 saturated heterocycles. The first-order valence-electron chi connectivity index (χ1n) is 21.3. The molecule has 14 nitrogen and oxygen atoms in total. The average Bonchev–Trinajstić information content (AvgIpc) is 3.14. The van der Waals surface area contributed by atoms with Crippen LogP contribution in [0.25, 0.3) is 0 Å². The van der Waals surface area contributed by atoms with Gasteiger partial charge in [0.2, 0.25) is 41.4 Å². The van der Waals surface area contributed by atoms with Gasteiger partial charge in [0.15, 0.2) is 0 Å². The summed E-state index contributed by atoms with van der Waals surface area (Å²) in [7, 11) is 0. The molecular formula is C41H77N7O7. The van der Waals surface area contributed by atoms with Gasteiger partial charge < -0.3 is 37.2 Å². The molecule has 55 heavy (non-hydrogen) atoms. The predicted octanol–water partition coefficient (Wildman–Crippen LogP) is 4.58. The zero-order chi connectivity index (χ0) is 41.4. The Labute approximate surface area is 331 Å². The Balaban J connectivity index is 5.82. The number of carbonyl (C=O) groups is 7. The third-order valence-corrected chi connectivity index (χ3v) is 9.51. The SMILES string of the molecule is CCCCC[C@@H](C)NC(=O)[C@H](CCCCC)NC(=O)CNC(=O)[C@H](CCCCC)NC(=O)[C@H](CCCCC)NC(=O)[C@H](CCCCC)NC(=O)CNC(C)=O. The monoisotopic (exact) mass is 780 g/mol. The topological polar surface area (TPSA) is 204 Å². The van der Waals surface area contributed by atoms with Crippen LogP contribution < -0.4 is 37.2 Å². The molecule has 0 aromatic rings. The Bertz CT molecular complexity index is 1140. The minimum Gasteiger partial charge on any atom is -0.352 e. The summed E-state index contributed by atoms with van der Waals surface area (Å²) in [6.45, 7) is 12.9. The number of amides is 7. The molecule has 0 aliphatic carbocycles. The van der Waals surface area contributed by atoms with E-state index in [1.54, 1.807) is 0 Å². The van der Waals surface area contributed by atoms with Gasteiger partial charge in [0, 0.05) is 13.0 Å². The van der Waals surface area contributed by atoms with Gasteiger partial charge in [-0.3, -0.25) is 33.6 Å². The number of hydrogen-bond donors (Lipinski definition) is 7. The summed E-state index contributed by atoms with van der Waals surface area (Å²) >= 11 is 0. The maximum atomic E-state index is 13.8. The van der Waals surface area contributed by atoms with Crippen molar-refractivity contribution in [1.82, 2.24) is 37.2 Å². The third kappa shape index (κ3) is 25.9. The van der Waals surface area contributed by atoms with Crippen LogP contribution in [0, 0.1) is 0 Å². The van der Waals surface area contributed by atoms with Gasteiger partial charge >= 0.3 is 0 Å². The molecule has 0 heterocycles. The lowest BCUT2D eigenvalue weighted by Gasteiger charge is -2.26. The highest BCUT2D eigenvalue weighted by Gasteiger charge is 2.30. The number of nitrogens with one attached hydrogen (secondary N) is 7. The van der Waals surface area contributed by atoms with Crippen LogP contribution in [0.5, 0.6) is 0 Å². The fraction of sp³-hybridized carbons (Fsp3) is 0.829. The van der Waals surface area contributed by atoms with E-state index < -0.39 is 53.7 Å². The lowest BCUT2D eigenvalue weighted by molar-refractivity contribution is -0.134. The summed E-state index contributed by atoms with van der Waals surface area (Å²) in [5.74, 6) is -3.19. The molecule has 0 bridgehead atoms. The van der Waals surface area contributed by atoms with Crippen molar-refractivity contribution >= 4 is 41.4 Å². The molecular weight excluding hydrogens is 702 g/mol. The molecule has 318 valence electrons. The average molecular weight is 780 g/mol. The Morgan fingerprint density at radius 3 is 1.05 bits per heavy atom. The van der Waals surface area contributed by atoms with Crippen LogP contribution in [0.15, 0.2) is 0 Å². The molecule has 0 aromatic heterocycles. The molecule has 5 atom stereocenters. The van der Waals surface area contributed by atoms with E-state index in [0.29, 0.717) is 44.9 Å². The van der Waals surface area contributed by atoms with Crippen molar-refractivity contribution in [3.05, 3.63) is 0 Å². The highest BCUT2D eigenvalue weighted by atomic mass is 16.2. The lowest BCUT2D eigenvalue weighted by Crippen LogP contribution is -2.57. The largest absolute Gasteiger partial charge is 0.352 e. The molecule has 0 rings (SSSR count). The highest BCUT2D eigenvalue weighted by molar-refractivity contribution is 5.96. The summed E-state index contributed by atoms with van der Waals surface area (Å²) in [6, 6.07) is -3.57. The molecule has 0 aliphatic rings. The summed E-state index contributed by atoms with van der Waals surface area (Å²) in [4.78, 5) is 91.0. The van der Waals surface area contributed by atoms with Crippen molar-refractivity contribution < 1.29 is 33.6 Å². The summed E-state index contributed by atoms with van der Waals surface area (Å²) in [6.07, 6.45) is 15.4. The summed E-state index contributed by atoms with van der Waals surface area (Å²) in [5.41, 5.74) is 0. The summed E-state index contributed by atoms with van der Waals surface area (Å²) < 4.78 is 0. The van der Waals surface area contributed by atoms with Gasteiger partial charge in [-0.2, -0.15) is 0 Å². The van der Waals surface area contributed by atoms with Gasteiger partial charge in [0.05, 0.1) is 13.1 Å². The van der Waals surface area contributed by atoms with Crippen molar-refractivity contribution in [2.24, 2.45) is 0 Å². The molecule has 0 saturated carbocycles. The van der Waals surface area contributed by atoms with E-state index >= 15 is 0 Å². The highest BCUT2D eigenvalue weighted by Crippen LogP contribution is 2.11. The number of rotatable bonds is 33. The minimum absolute atomic E-state index is 0.0202. The van der Waals surface area contributed by atoms with Gasteiger partial charge in [-0.25, -0.2) is 0 Å². The minimum atomic E-state index is -0.962. The van der Waals surface area contributed by atoms with Gasteiger partial charge in [0.1, 0.15) is 24.2 Å². The van der Waals surface area contributed by atoms with E-state index in [1.165, 1.54) is 6.92 Å². The number of carbonyl (C=O) groups excluding carboxylic acids is 7. The molecule has 7 amide bonds. The molecule has 0 spiro atoms. The standard InChI is InChI=1S/C41H77N7O7/c1-8-13-18-23-30(6)44-39(53)33(25-20-15-10-3)45-37(51)29-43-38(52)32(24-19-14-9-2)47-41(55)35(27-22-17-12-5)48-40(54)34(26-21-16-11-4)46-36(50)28-42-31(7)49/h30,32-35H,8-29H2,1-7H3,(H,42,49)(H,43,52)(H,44,53)(H,45,51)(H,46,50)(H,47,55)(H,48,54)/t30-,32+,33+,34+,35+/m1/s1. The predicted molar refractivity (Wildman–Crippen MR) is 218 cm³/mol. The fourth-order valence-corrected chi connectivity index (χ4v) is 6.12. The van der Waals surface area contributed by atoms with Crippen LogP contribution in [-0.2, 0) is 33.6 Å². The fourth-order valence-electron chi connectivity index (χ4n) is 6.12. The van der Waals surface area contributed by atoms with E-state index in [0.717, 1.165) is 83.5 Å². The Morgan fingerprint density at radius 1 is 0.382 bits per heavy atom. The first-order chi connectivity index (χ1) is 26.3. The quantitative estimate of drug-likeness (QED) is 0.0472. The lowest BCUT2D eigenvalue weighted by atomic mass is 10.0. The molecule has 14 heteroatoms. The smallest absolute Gasteiger partial charge is 0.243 e. The second kappa shape index (κ2) is 32.5. The Morgan fingerprint density at radius 2 is 0.691 bits per heavy atom. The maximum Gasteiger partial charge on any atom is 0.243 e. The van der Waals surface area contributed by atoms with E-state index in [2.05, 4.69) is 51.1 Å². The Kier molecular flexibility index (Phi) is 30.3. The molecule has 0 fully saturated rings. The van der Waals surface area contributed by atoms with Crippen molar-refractivity contribution in [3.8, 4) is 0 Å². The first kappa shape index (κ1) is 51.3. The molecule has 0 aliphatic heterocycles. The van der Waals surface area contributed by atoms with Crippen LogP contribution in [0.2, 0.25) is 0 Å². The van der Waals surface area contributed by atoms with Crippen molar-refractivity contribution in [2.75, 3.05) is 13.1 Å². The van der Waals surface area contributed by atoms with E-state index in [-0.39, 0.29) is 30.9 Å². The van der Waals surface area contributed by atoms with E-state index in [9.17, 15) is 33.6 Å². The molecule has 0 radical (unpaired) electrons. The molecule has 7 N–H and O–H groups in total. The van der Waals surface area contributed by atoms with Gasteiger partial charge in [0.25, 0.3) is 0 Å². The van der Waals surface area contributed by atoms with Crippen molar-refractivity contribution in [2.45, 2.75) is 207 Å². The van der Waals surface area contributed by atoms with Crippen LogP contribution >= 0.6 is 0 Å². The van der Waals surface area contributed by atoms with Gasteiger partial charge in [-0.05, 0) is 39.0 Å². The van der Waals surface area contributed by atoms with Gasteiger partial charge in [-0.1, -0.05) is 131 Å². The third-order valence-electron chi connectivity index (χ3n) is 9.51. The maximum absolute atomic E-state index is 13.8. The molecule has 0 aromatic carbocycles. The number of hydrogen-bond acceptors (Lipinski definition) is 7. The van der Waals surface area contributed by atoms with Gasteiger partial charge in [-0.15, -0.1) is 0 Å². The molecule has 0 unspecified atom stereocenters. The van der Waals surface area contributed by atoms with E-state index in [1.807, 2.05) is 27.7 Å². The zero-order valence-electron chi connectivity index (χ0n) is 35.3. The van der Waals surface area contributed by atoms with Crippen LogP contribution in [0.3, 0.4) is 0 Å². The van der Waals surface area contributed by atoms with Crippen molar-refractivity contribution in [3.63, 3.8) is 0 Å². The van der Waals surface area contributed by atoms with Crippen molar-refractivity contribution in [1.29, 1.82) is 0 Å². The zero-order valence-corrected chi connectivity index (χ0v) is 35.3. The second-order valence-electron chi connectivity index (χ2n) is 14.9. The van der Waals surface area contributed by atoms with E-state index in [4.69, 9.17) is 0 Å². The Hall–Kier alpha value is -3.71. The number of unbranched alkanes of at least 4 members (excludes halogenated alkanes) is 10. The van der Waals surface area contributed by atoms with Crippen LogP contribution in [0.4, 0.5) is 0 Å². The normalized spacial score (nSPS) is 13.7. The summed E-state index contributed by atoms with van der Waals surface area (Å²) in [5, 5.41) is 19.3.